The summed E-state index contributed by atoms with van der Waals surface area (Å²) in [5.41, 5.74) is 3.91. The summed E-state index contributed by atoms with van der Waals surface area (Å²) in [6, 6.07) is 30.6. The normalized spacial score (nSPS) is 15.2. The van der Waals surface area contributed by atoms with Crippen LogP contribution in [0.4, 0.5) is 21.0 Å². The molecule has 2 saturated carbocycles. The van der Waals surface area contributed by atoms with Gasteiger partial charge in [-0.15, -0.1) is 0 Å². The van der Waals surface area contributed by atoms with Crippen LogP contribution in [-0.2, 0) is 45.1 Å². The number of aromatic hydroxyl groups is 1. The lowest BCUT2D eigenvalue weighted by molar-refractivity contribution is -0.120. The van der Waals surface area contributed by atoms with E-state index in [1.165, 1.54) is 5.56 Å². The Bertz CT molecular complexity index is 1930. The number of carbonyl (C=O) groups excluding carboxylic acids is 4. The fraction of sp³-hybridized carbons (Fsp3) is 0.404. The van der Waals surface area contributed by atoms with Crippen molar-refractivity contribution in [2.45, 2.75) is 109 Å². The van der Waals surface area contributed by atoms with Crippen molar-refractivity contribution in [3.8, 4) is 5.75 Å². The highest BCUT2D eigenvalue weighted by Gasteiger charge is 2.35. The van der Waals surface area contributed by atoms with E-state index in [9.17, 15) is 24.3 Å². The van der Waals surface area contributed by atoms with Crippen LogP contribution in [0.5, 0.6) is 5.75 Å². The minimum atomic E-state index is -0.903. The van der Waals surface area contributed by atoms with Gasteiger partial charge in [-0.2, -0.15) is 0 Å². The van der Waals surface area contributed by atoms with Crippen molar-refractivity contribution < 1.29 is 33.8 Å². The Balaban J connectivity index is 1.18. The van der Waals surface area contributed by atoms with Gasteiger partial charge in [0.25, 0.3) is 0 Å². The summed E-state index contributed by atoms with van der Waals surface area (Å²) in [7, 11) is 0. The molecule has 2 fully saturated rings. The highest BCUT2D eigenvalue weighted by Crippen LogP contribution is 2.38. The van der Waals surface area contributed by atoms with Gasteiger partial charge in [-0.25, -0.2) is 9.59 Å². The predicted molar refractivity (Wildman–Crippen MR) is 224 cm³/mol. The third-order valence-corrected chi connectivity index (χ3v) is 11.3. The zero-order valence-electron chi connectivity index (χ0n) is 33.1. The van der Waals surface area contributed by atoms with Crippen molar-refractivity contribution in [3.63, 3.8) is 0 Å². The van der Waals surface area contributed by atoms with Crippen molar-refractivity contribution in [3.05, 3.63) is 125 Å². The summed E-state index contributed by atoms with van der Waals surface area (Å²) in [6.07, 6.45) is 9.60. The first-order chi connectivity index (χ1) is 28.3. The Morgan fingerprint density at radius 2 is 1.00 bits per heavy atom. The second-order valence-electron chi connectivity index (χ2n) is 15.5. The largest absolute Gasteiger partial charge is 0.504 e. The summed E-state index contributed by atoms with van der Waals surface area (Å²) in [6.45, 7) is 0.120. The minimum Gasteiger partial charge on any atom is -0.504 e. The quantitative estimate of drug-likeness (QED) is 0.0498. The Kier molecular flexibility index (Phi) is 15.6. The summed E-state index contributed by atoms with van der Waals surface area (Å²) in [5.74, 6) is -1.48. The molecule has 2 aliphatic rings. The average molecular weight is 789 g/mol. The zero-order valence-corrected chi connectivity index (χ0v) is 33.1. The maximum Gasteiger partial charge on any atom is 0.408 e. The number of rotatable bonds is 18. The number of hydrogen-bond donors (Lipinski definition) is 5. The Morgan fingerprint density at radius 1 is 0.552 bits per heavy atom. The van der Waals surface area contributed by atoms with Crippen LogP contribution < -0.4 is 21.3 Å². The van der Waals surface area contributed by atoms with Crippen LogP contribution in [0.25, 0.3) is 0 Å². The van der Waals surface area contributed by atoms with Gasteiger partial charge in [-0.1, -0.05) is 129 Å². The van der Waals surface area contributed by atoms with Crippen LogP contribution in [-0.4, -0.2) is 41.2 Å². The Labute approximate surface area is 341 Å². The Hall–Kier alpha value is -5.84. The van der Waals surface area contributed by atoms with Crippen LogP contribution in [0.2, 0.25) is 0 Å². The summed E-state index contributed by atoms with van der Waals surface area (Å²) < 4.78 is 11.0. The molecular formula is C47H56N4O7. The van der Waals surface area contributed by atoms with E-state index in [1.807, 2.05) is 78.9 Å². The van der Waals surface area contributed by atoms with Crippen molar-refractivity contribution in [2.75, 3.05) is 10.6 Å². The molecule has 4 aromatic carbocycles. The average Bonchev–Trinajstić information content (AvgIpc) is 3.99. The molecular weight excluding hydrogens is 733 g/mol. The molecule has 6 rings (SSSR count). The molecule has 0 aliphatic heterocycles. The number of nitrogens with one attached hydrogen (secondary N) is 4. The maximum absolute atomic E-state index is 14.2. The number of hydrogen-bond acceptors (Lipinski definition) is 7. The van der Waals surface area contributed by atoms with Gasteiger partial charge in [-0.3, -0.25) is 9.59 Å². The molecule has 11 nitrogen and oxygen atoms in total. The lowest BCUT2D eigenvalue weighted by Crippen LogP contribution is -2.48. The predicted octanol–water partition coefficient (Wildman–Crippen LogP) is 9.20. The zero-order chi connectivity index (χ0) is 40.5. The second kappa shape index (κ2) is 21.6. The number of phenols is 1. The number of benzene rings is 4. The number of unbranched alkanes of at least 4 members (excludes halogenated alkanes) is 2. The highest BCUT2D eigenvalue weighted by atomic mass is 16.6. The number of phenolic OH excluding ortho intramolecular Hbond substituents is 1. The summed E-state index contributed by atoms with van der Waals surface area (Å²) in [4.78, 5) is 54.2. The number of alkyl carbamates (subject to hydrolysis) is 2. The third-order valence-electron chi connectivity index (χ3n) is 11.3. The molecule has 0 aromatic heterocycles. The lowest BCUT2D eigenvalue weighted by Gasteiger charge is -2.26. The van der Waals surface area contributed by atoms with E-state index in [2.05, 4.69) is 33.4 Å². The molecule has 0 saturated heterocycles. The molecule has 11 heteroatoms. The van der Waals surface area contributed by atoms with Gasteiger partial charge in [0.1, 0.15) is 25.3 Å². The first-order valence-corrected chi connectivity index (χ1v) is 20.8. The molecule has 58 heavy (non-hydrogen) atoms. The highest BCUT2D eigenvalue weighted by molar-refractivity contribution is 6.02. The standard InChI is InChI=1S/C47H56N4O7/c52-43-39(48-44(53)41(36-25-13-14-26-36)50-46(55)57-31-34-20-8-2-9-21-34)30-29-38(24-12-4-7-19-33-17-5-1-6-18-33)40(43)49-45(54)42(37-27-15-16-28-37)51-47(56)58-32-35-22-10-3-11-23-35/h1-3,5-6,8-11,17-18,20-23,29-30,36-37,41-42,52H,4,7,12-16,19,24-28,31-32H2,(H,48,53)(H,49,54)(H,50,55)(H,51,56)/t41-,42-/m0/s1. The molecule has 0 bridgehead atoms. The molecule has 306 valence electrons. The van der Waals surface area contributed by atoms with E-state index in [0.29, 0.717) is 12.0 Å². The van der Waals surface area contributed by atoms with Crippen molar-refractivity contribution in [1.29, 1.82) is 0 Å². The van der Waals surface area contributed by atoms with Crippen molar-refractivity contribution >= 4 is 35.4 Å². The summed E-state index contributed by atoms with van der Waals surface area (Å²) in [5, 5.41) is 23.3. The Morgan fingerprint density at radius 3 is 1.50 bits per heavy atom. The number of aryl methyl sites for hydroxylation is 2. The van der Waals surface area contributed by atoms with Crippen LogP contribution in [0.1, 0.15) is 92.9 Å². The van der Waals surface area contributed by atoms with Crippen molar-refractivity contribution in [1.82, 2.24) is 10.6 Å². The van der Waals surface area contributed by atoms with Crippen LogP contribution in [0.15, 0.2) is 103 Å². The van der Waals surface area contributed by atoms with Gasteiger partial charge < -0.3 is 35.8 Å². The van der Waals surface area contributed by atoms with Crippen LogP contribution in [0.3, 0.4) is 0 Å². The molecule has 2 atom stereocenters. The van der Waals surface area contributed by atoms with E-state index in [0.717, 1.165) is 88.2 Å². The minimum absolute atomic E-state index is 0.0596. The molecule has 4 aromatic rings. The molecule has 0 unspecified atom stereocenters. The van der Waals surface area contributed by atoms with E-state index in [-0.39, 0.29) is 42.2 Å². The van der Waals surface area contributed by atoms with E-state index in [1.54, 1.807) is 12.1 Å². The molecule has 0 radical (unpaired) electrons. The topological polar surface area (TPSA) is 155 Å². The van der Waals surface area contributed by atoms with Gasteiger partial charge in [0.05, 0.1) is 11.4 Å². The number of ether oxygens (including phenoxy) is 2. The second-order valence-corrected chi connectivity index (χ2v) is 15.5. The first kappa shape index (κ1) is 41.8. The monoisotopic (exact) mass is 788 g/mol. The molecule has 2 aliphatic carbocycles. The van der Waals surface area contributed by atoms with Gasteiger partial charge in [0, 0.05) is 0 Å². The van der Waals surface area contributed by atoms with E-state index < -0.39 is 36.1 Å². The molecule has 5 N–H and O–H groups in total. The maximum atomic E-state index is 14.2. The number of carbonyl (C=O) groups is 4. The smallest absolute Gasteiger partial charge is 0.408 e. The van der Waals surface area contributed by atoms with Crippen LogP contribution in [0, 0.1) is 11.8 Å². The van der Waals surface area contributed by atoms with E-state index >= 15 is 0 Å². The van der Waals surface area contributed by atoms with Gasteiger partial charge in [-0.05, 0) is 91.5 Å². The van der Waals surface area contributed by atoms with Crippen LogP contribution >= 0.6 is 0 Å². The fourth-order valence-corrected chi connectivity index (χ4v) is 8.12. The SMILES string of the molecule is O=C(N[C@H](C(=O)Nc1ccc(CCCCCc2ccccc2)c(NC(=O)[C@@H](NC(=O)OCc2ccccc2)C2CCCC2)c1O)C1CCCC1)OCc1ccccc1. The summed E-state index contributed by atoms with van der Waals surface area (Å²) >= 11 is 0. The molecule has 4 amide bonds. The lowest BCUT2D eigenvalue weighted by atomic mass is 9.96. The molecule has 0 spiro atoms. The number of anilines is 2. The molecule has 0 heterocycles. The van der Waals surface area contributed by atoms with Gasteiger partial charge in [0.15, 0.2) is 5.75 Å². The van der Waals surface area contributed by atoms with E-state index in [4.69, 9.17) is 9.47 Å². The van der Waals surface area contributed by atoms with Crippen molar-refractivity contribution in [2.24, 2.45) is 11.8 Å². The fourth-order valence-electron chi connectivity index (χ4n) is 8.12. The third kappa shape index (κ3) is 12.3. The number of amides is 4. The first-order valence-electron chi connectivity index (χ1n) is 20.8. The van der Waals surface area contributed by atoms with Gasteiger partial charge in [0.2, 0.25) is 11.8 Å². The van der Waals surface area contributed by atoms with Gasteiger partial charge >= 0.3 is 12.2 Å².